The number of amides is 2. The molecule has 5 aliphatic rings. The van der Waals surface area contributed by atoms with Crippen LogP contribution >= 0.6 is 11.6 Å². The zero-order valence-electron chi connectivity index (χ0n) is 17.7. The first kappa shape index (κ1) is 21.4. The van der Waals surface area contributed by atoms with Crippen molar-refractivity contribution in [2.45, 2.75) is 32.1 Å². The number of hydrogen-bond acceptors (Lipinski definition) is 5. The monoisotopic (exact) mass is 455 g/mol. The van der Waals surface area contributed by atoms with E-state index < -0.39 is 5.97 Å². The number of esters is 1. The zero-order valence-corrected chi connectivity index (χ0v) is 18.5. The Balaban J connectivity index is 1.02. The highest BCUT2D eigenvalue weighted by atomic mass is 35.5. The summed E-state index contributed by atoms with van der Waals surface area (Å²) in [5, 5.41) is 0.537. The normalized spacial score (nSPS) is 31.5. The van der Waals surface area contributed by atoms with Gasteiger partial charge in [-0.05, 0) is 67.2 Å². The molecule has 3 fully saturated rings. The standard InChI is InChI=1S/C25H26ClNO5/c26-15-7-5-14(6-8-15)20(28)13-32-21(29)4-2-1-3-11-27-24(30)22-16-9-10-17(19-12-18(16)19)23(22)25(27)31/h5-10,16-19,22-23H,1-4,11-13H2/t16-,17-,18-,19+,22-,23+/m0/s1. The van der Waals surface area contributed by atoms with Crippen molar-refractivity contribution < 1.29 is 23.9 Å². The van der Waals surface area contributed by atoms with E-state index in [4.69, 9.17) is 16.3 Å². The Morgan fingerprint density at radius 2 is 1.56 bits per heavy atom. The maximum absolute atomic E-state index is 12.9. The number of benzene rings is 1. The summed E-state index contributed by atoms with van der Waals surface area (Å²) in [6.07, 6.45) is 7.70. The first-order valence-electron chi connectivity index (χ1n) is 11.4. The minimum Gasteiger partial charge on any atom is -0.457 e. The Labute approximate surface area is 191 Å². The average Bonchev–Trinajstić information content (AvgIpc) is 3.57. The number of allylic oxidation sites excluding steroid dienone is 2. The smallest absolute Gasteiger partial charge is 0.306 e. The summed E-state index contributed by atoms with van der Waals surface area (Å²) in [5.41, 5.74) is 0.448. The van der Waals surface area contributed by atoms with E-state index in [0.717, 1.165) is 6.42 Å². The van der Waals surface area contributed by atoms with Crippen molar-refractivity contribution in [2.24, 2.45) is 35.5 Å². The van der Waals surface area contributed by atoms with E-state index in [0.29, 0.717) is 48.2 Å². The summed E-state index contributed by atoms with van der Waals surface area (Å²) in [5.74, 6) is 0.750. The van der Waals surface area contributed by atoms with Gasteiger partial charge in [-0.2, -0.15) is 0 Å². The average molecular weight is 456 g/mol. The molecule has 6 nitrogen and oxygen atoms in total. The molecule has 1 heterocycles. The molecule has 0 unspecified atom stereocenters. The third-order valence-electron chi connectivity index (χ3n) is 7.55. The SMILES string of the molecule is O=C(CCCCCN1C(=O)[C@@H]2[C@H]3C=C[C@@H]([C@@H]4C[C@H]34)[C@@H]2C1=O)OCC(=O)c1ccc(Cl)cc1. The number of imide groups is 1. The van der Waals surface area contributed by atoms with E-state index >= 15 is 0 Å². The maximum Gasteiger partial charge on any atom is 0.306 e. The predicted molar refractivity (Wildman–Crippen MR) is 117 cm³/mol. The van der Waals surface area contributed by atoms with E-state index in [2.05, 4.69) is 12.2 Å². The number of rotatable bonds is 9. The van der Waals surface area contributed by atoms with E-state index in [9.17, 15) is 19.2 Å². The van der Waals surface area contributed by atoms with Gasteiger partial charge in [0.1, 0.15) is 0 Å². The number of Topliss-reactive ketones (excluding diaryl/α,β-unsaturated/α-hetero) is 1. The van der Waals surface area contributed by atoms with E-state index in [-0.39, 0.29) is 54.3 Å². The topological polar surface area (TPSA) is 80.8 Å². The minimum absolute atomic E-state index is 0.00446. The Morgan fingerprint density at radius 1 is 0.938 bits per heavy atom. The van der Waals surface area contributed by atoms with Crippen molar-refractivity contribution in [2.75, 3.05) is 13.2 Å². The number of carbonyl (C=O) groups is 4. The van der Waals surface area contributed by atoms with Crippen LogP contribution in [0, 0.1) is 35.5 Å². The van der Waals surface area contributed by atoms with Gasteiger partial charge in [0.15, 0.2) is 12.4 Å². The quantitative estimate of drug-likeness (QED) is 0.186. The molecule has 0 radical (unpaired) electrons. The lowest BCUT2D eigenvalue weighted by Gasteiger charge is -2.37. The predicted octanol–water partition coefficient (Wildman–Crippen LogP) is 3.68. The lowest BCUT2D eigenvalue weighted by atomic mass is 9.63. The van der Waals surface area contributed by atoms with E-state index in [1.807, 2.05) is 0 Å². The third kappa shape index (κ3) is 3.79. The van der Waals surface area contributed by atoms with Gasteiger partial charge in [-0.1, -0.05) is 30.2 Å². The lowest BCUT2D eigenvalue weighted by molar-refractivity contribution is -0.143. The van der Waals surface area contributed by atoms with Crippen molar-refractivity contribution in [1.29, 1.82) is 0 Å². The number of unbranched alkanes of at least 4 members (excludes halogenated alkanes) is 2. The molecule has 1 aromatic rings. The highest BCUT2D eigenvalue weighted by Gasteiger charge is 2.66. The van der Waals surface area contributed by atoms with Gasteiger partial charge in [0.25, 0.3) is 0 Å². The van der Waals surface area contributed by atoms with Crippen molar-refractivity contribution >= 4 is 35.2 Å². The largest absolute Gasteiger partial charge is 0.457 e. The van der Waals surface area contributed by atoms with Crippen molar-refractivity contribution in [3.63, 3.8) is 0 Å². The van der Waals surface area contributed by atoms with Crippen LogP contribution in [-0.4, -0.2) is 41.6 Å². The molecule has 6 atom stereocenters. The van der Waals surface area contributed by atoms with Gasteiger partial charge in [0, 0.05) is 23.6 Å². The van der Waals surface area contributed by atoms with Crippen LogP contribution < -0.4 is 0 Å². The summed E-state index contributed by atoms with van der Waals surface area (Å²) in [6, 6.07) is 6.43. The van der Waals surface area contributed by atoms with Crippen molar-refractivity contribution in [3.05, 3.63) is 47.0 Å². The lowest BCUT2D eigenvalue weighted by Crippen LogP contribution is -2.40. The van der Waals surface area contributed by atoms with Crippen LogP contribution in [-0.2, 0) is 19.1 Å². The fourth-order valence-corrected chi connectivity index (χ4v) is 6.02. The fraction of sp³-hybridized carbons (Fsp3) is 0.520. The number of ketones is 1. The number of likely N-dealkylation sites (tertiary alicyclic amines) is 1. The molecule has 2 bridgehead atoms. The highest BCUT2D eigenvalue weighted by Crippen LogP contribution is 2.65. The minimum atomic E-state index is -0.423. The Kier molecular flexibility index (Phi) is 5.66. The Hall–Kier alpha value is -2.47. The molecular weight excluding hydrogens is 430 g/mol. The van der Waals surface area contributed by atoms with Crippen LogP contribution in [0.4, 0.5) is 0 Å². The molecule has 168 valence electrons. The third-order valence-corrected chi connectivity index (χ3v) is 7.80. The van der Waals surface area contributed by atoms with Crippen molar-refractivity contribution in [3.8, 4) is 0 Å². The summed E-state index contributed by atoms with van der Waals surface area (Å²) in [4.78, 5) is 51.3. The van der Waals surface area contributed by atoms with Crippen LogP contribution in [0.3, 0.4) is 0 Å². The molecule has 2 saturated carbocycles. The first-order chi connectivity index (χ1) is 15.5. The molecule has 6 rings (SSSR count). The molecule has 0 N–H and O–H groups in total. The molecular formula is C25H26ClNO5. The molecule has 1 aliphatic heterocycles. The first-order valence-corrected chi connectivity index (χ1v) is 11.8. The number of ether oxygens (including phenoxy) is 1. The van der Waals surface area contributed by atoms with E-state index in [1.165, 1.54) is 4.90 Å². The van der Waals surface area contributed by atoms with Gasteiger partial charge in [-0.3, -0.25) is 24.1 Å². The molecule has 0 spiro atoms. The van der Waals surface area contributed by atoms with Gasteiger partial charge in [0.05, 0.1) is 11.8 Å². The number of carbonyl (C=O) groups excluding carboxylic acids is 4. The molecule has 0 aromatic heterocycles. The second kappa shape index (κ2) is 8.47. The van der Waals surface area contributed by atoms with Crippen LogP contribution in [0.1, 0.15) is 42.5 Å². The van der Waals surface area contributed by atoms with E-state index in [1.54, 1.807) is 24.3 Å². The van der Waals surface area contributed by atoms with Gasteiger partial charge in [-0.15, -0.1) is 0 Å². The number of halogens is 1. The van der Waals surface area contributed by atoms with Gasteiger partial charge < -0.3 is 4.74 Å². The fourth-order valence-electron chi connectivity index (χ4n) is 5.89. The molecule has 2 amide bonds. The Bertz CT molecular complexity index is 951. The van der Waals surface area contributed by atoms with Crippen LogP contribution in [0.2, 0.25) is 5.02 Å². The summed E-state index contributed by atoms with van der Waals surface area (Å²) in [7, 11) is 0. The second-order valence-corrected chi connectivity index (χ2v) is 9.82. The summed E-state index contributed by atoms with van der Waals surface area (Å²) < 4.78 is 5.06. The highest BCUT2D eigenvalue weighted by molar-refractivity contribution is 6.30. The van der Waals surface area contributed by atoms with Gasteiger partial charge >= 0.3 is 5.97 Å². The molecule has 1 saturated heterocycles. The number of hydrogen-bond donors (Lipinski definition) is 0. The zero-order chi connectivity index (χ0) is 22.4. The van der Waals surface area contributed by atoms with Crippen LogP contribution in [0.15, 0.2) is 36.4 Å². The molecule has 7 heteroatoms. The second-order valence-electron chi connectivity index (χ2n) is 9.38. The molecule has 4 aliphatic carbocycles. The molecule has 1 aromatic carbocycles. The number of nitrogens with zero attached hydrogens (tertiary/aromatic N) is 1. The maximum atomic E-state index is 12.9. The van der Waals surface area contributed by atoms with Gasteiger partial charge in [-0.25, -0.2) is 0 Å². The van der Waals surface area contributed by atoms with Crippen LogP contribution in [0.25, 0.3) is 0 Å². The summed E-state index contributed by atoms with van der Waals surface area (Å²) in [6.45, 7) is 0.127. The molecule has 32 heavy (non-hydrogen) atoms. The summed E-state index contributed by atoms with van der Waals surface area (Å²) >= 11 is 5.80. The van der Waals surface area contributed by atoms with Crippen LogP contribution in [0.5, 0.6) is 0 Å². The Morgan fingerprint density at radius 3 is 2.19 bits per heavy atom. The van der Waals surface area contributed by atoms with Crippen molar-refractivity contribution in [1.82, 2.24) is 4.90 Å². The van der Waals surface area contributed by atoms with Gasteiger partial charge in [0.2, 0.25) is 11.8 Å².